The quantitative estimate of drug-likeness (QED) is 0.124. The molecule has 5 N–H and O–H groups in total. The Morgan fingerprint density at radius 3 is 2.57 bits per heavy atom. The van der Waals surface area contributed by atoms with Crippen molar-refractivity contribution in [3.8, 4) is 5.75 Å². The third-order valence-electron chi connectivity index (χ3n) is 8.70. The van der Waals surface area contributed by atoms with Crippen molar-refractivity contribution in [3.05, 3.63) is 54.0 Å². The Morgan fingerprint density at radius 2 is 1.91 bits per heavy atom. The Bertz CT molecular complexity index is 1610. The predicted molar refractivity (Wildman–Crippen MR) is 175 cm³/mol. The lowest BCUT2D eigenvalue weighted by Crippen LogP contribution is -2.44. The summed E-state index contributed by atoms with van der Waals surface area (Å²) in [4.78, 5) is 21.0. The van der Waals surface area contributed by atoms with E-state index in [-0.39, 0.29) is 29.6 Å². The molecule has 2 aliphatic rings. The Balaban J connectivity index is 1.38. The third-order valence-corrected chi connectivity index (χ3v) is 10.3. The smallest absolute Gasteiger partial charge is 0.459 e. The largest absolute Gasteiger partial charge is 0.461 e. The number of nitrogen functional groups attached to an aromatic ring is 1. The van der Waals surface area contributed by atoms with Crippen LogP contribution in [0.5, 0.6) is 5.75 Å². The van der Waals surface area contributed by atoms with Gasteiger partial charge in [-0.15, -0.1) is 0 Å². The highest BCUT2D eigenvalue weighted by Crippen LogP contribution is 2.48. The molecule has 256 valence electrons. The summed E-state index contributed by atoms with van der Waals surface area (Å²) in [6, 6.07) is 9.29. The fourth-order valence-electron chi connectivity index (χ4n) is 6.04. The Labute approximate surface area is 274 Å². The molecule has 1 aliphatic carbocycles. The van der Waals surface area contributed by atoms with Crippen molar-refractivity contribution in [3.63, 3.8) is 0 Å². The summed E-state index contributed by atoms with van der Waals surface area (Å²) in [6.45, 7) is 10.6. The van der Waals surface area contributed by atoms with Crippen LogP contribution >= 0.6 is 7.75 Å². The number of nitrogens with one attached hydrogen (secondary N) is 1. The van der Waals surface area contributed by atoms with Gasteiger partial charge in [-0.2, -0.15) is 10.2 Å². The lowest BCUT2D eigenvalue weighted by atomic mass is 9.87. The van der Waals surface area contributed by atoms with Gasteiger partial charge in [0.2, 0.25) is 0 Å². The van der Waals surface area contributed by atoms with Gasteiger partial charge in [0, 0.05) is 0 Å². The number of fused-ring (bicyclic) bond motifs is 1. The van der Waals surface area contributed by atoms with E-state index in [1.807, 2.05) is 12.1 Å². The van der Waals surface area contributed by atoms with Crippen molar-refractivity contribution < 1.29 is 38.1 Å². The van der Waals surface area contributed by atoms with Crippen LogP contribution in [0, 0.1) is 0 Å². The number of nitrogens with two attached hydrogens (primary N) is 1. The number of carbonyl (C=O) groups excluding carboxylic acids is 1. The molecule has 0 radical (unpaired) electrons. The highest BCUT2D eigenvalue weighted by Gasteiger charge is 2.57. The first-order chi connectivity index (χ1) is 22.3. The van der Waals surface area contributed by atoms with Crippen molar-refractivity contribution in [2.75, 3.05) is 18.9 Å². The molecule has 15 heteroatoms. The van der Waals surface area contributed by atoms with Gasteiger partial charge in [-0.3, -0.25) is 14.3 Å². The van der Waals surface area contributed by atoms with E-state index in [0.717, 1.165) is 37.7 Å². The summed E-state index contributed by atoms with van der Waals surface area (Å²) >= 11 is 0. The average molecular weight is 673 g/mol. The van der Waals surface area contributed by atoms with Gasteiger partial charge < -0.3 is 29.9 Å². The zero-order valence-corrected chi connectivity index (χ0v) is 28.1. The highest BCUT2D eigenvalue weighted by atomic mass is 31.2. The normalized spacial score (nSPS) is 25.7. The summed E-state index contributed by atoms with van der Waals surface area (Å²) in [6.07, 6.45) is 1.44. The minimum absolute atomic E-state index is 0.124. The van der Waals surface area contributed by atoms with E-state index in [0.29, 0.717) is 11.2 Å². The molecule has 5 rings (SSSR count). The van der Waals surface area contributed by atoms with Crippen LogP contribution in [0.4, 0.5) is 5.82 Å². The molecule has 1 aromatic carbocycles. The van der Waals surface area contributed by atoms with E-state index >= 15 is 0 Å². The molecule has 0 amide bonds. The number of aromatic nitrogens is 3. The van der Waals surface area contributed by atoms with Crippen LogP contribution in [0.3, 0.4) is 0 Å². The molecule has 3 aromatic rings. The third kappa shape index (κ3) is 7.53. The number of hydrogen-bond donors (Lipinski definition) is 4. The summed E-state index contributed by atoms with van der Waals surface area (Å²) in [7, 11) is -4.32. The molecule has 0 bridgehead atoms. The van der Waals surface area contributed by atoms with Gasteiger partial charge in [0.25, 0.3) is 0 Å². The van der Waals surface area contributed by atoms with E-state index in [2.05, 4.69) is 47.7 Å². The monoisotopic (exact) mass is 672 g/mol. The molecule has 47 heavy (non-hydrogen) atoms. The maximum atomic E-state index is 14.3. The van der Waals surface area contributed by atoms with Gasteiger partial charge in [-0.25, -0.2) is 14.1 Å². The topological polar surface area (TPSA) is 192 Å². The molecular weight excluding hydrogens is 627 g/mol. The highest BCUT2D eigenvalue weighted by molar-refractivity contribution is 7.52. The number of aliphatic hydroxyl groups excluding tert-OH is 2. The van der Waals surface area contributed by atoms with Crippen molar-refractivity contribution in [2.45, 2.75) is 101 Å². The van der Waals surface area contributed by atoms with Gasteiger partial charge in [0.05, 0.1) is 18.8 Å². The molecule has 0 spiro atoms. The van der Waals surface area contributed by atoms with E-state index in [4.69, 9.17) is 24.3 Å². The number of rotatable bonds is 12. The molecule has 1 saturated heterocycles. The van der Waals surface area contributed by atoms with Gasteiger partial charge in [-0.05, 0) is 74.6 Å². The molecular formula is C32H45N6O8P. The second-order valence-corrected chi connectivity index (χ2v) is 14.9. The second-order valence-electron chi connectivity index (χ2n) is 13.2. The van der Waals surface area contributed by atoms with Crippen LogP contribution in [0.1, 0.15) is 71.1 Å². The predicted octanol–water partition coefficient (Wildman–Crippen LogP) is 3.68. The minimum Gasteiger partial charge on any atom is -0.461 e. The lowest BCUT2D eigenvalue weighted by molar-refractivity contribution is -0.152. The Morgan fingerprint density at radius 1 is 1.21 bits per heavy atom. The minimum atomic E-state index is -4.32. The van der Waals surface area contributed by atoms with Gasteiger partial charge in [0.1, 0.15) is 48.1 Å². The molecule has 6 atom stereocenters. The van der Waals surface area contributed by atoms with E-state index < -0.39 is 50.3 Å². The van der Waals surface area contributed by atoms with Gasteiger partial charge in [-0.1, -0.05) is 39.3 Å². The maximum absolute atomic E-state index is 14.3. The lowest BCUT2D eigenvalue weighted by Gasteiger charge is -2.30. The molecule has 1 unspecified atom stereocenters. The van der Waals surface area contributed by atoms with Crippen LogP contribution in [0.15, 0.2) is 47.7 Å². The Kier molecular flexibility index (Phi) is 10.4. The van der Waals surface area contributed by atoms with E-state index in [1.54, 1.807) is 24.3 Å². The van der Waals surface area contributed by atoms with Gasteiger partial charge in [0.15, 0.2) is 11.4 Å². The molecule has 14 nitrogen and oxygen atoms in total. The first-order valence-electron chi connectivity index (χ1n) is 15.8. The van der Waals surface area contributed by atoms with Crippen molar-refractivity contribution >= 4 is 31.8 Å². The van der Waals surface area contributed by atoms with Crippen molar-refractivity contribution in [1.82, 2.24) is 19.7 Å². The van der Waals surface area contributed by atoms with Crippen molar-refractivity contribution in [1.29, 1.82) is 0 Å². The maximum Gasteiger partial charge on any atom is 0.459 e. The number of ether oxygens (including phenoxy) is 2. The van der Waals surface area contributed by atoms with Gasteiger partial charge >= 0.3 is 13.7 Å². The fraction of sp³-hybridized carbons (Fsp3) is 0.562. The summed E-state index contributed by atoms with van der Waals surface area (Å²) < 4.78 is 39.5. The van der Waals surface area contributed by atoms with Crippen LogP contribution in [-0.4, -0.2) is 81.1 Å². The number of hydrogen-bond acceptors (Lipinski definition) is 12. The first-order valence-corrected chi connectivity index (χ1v) is 17.4. The Hall–Kier alpha value is -3.39. The molecule has 2 aromatic heterocycles. The summed E-state index contributed by atoms with van der Waals surface area (Å²) in [5.74, 6) is -0.147. The van der Waals surface area contributed by atoms with E-state index in [9.17, 15) is 19.6 Å². The number of nitrogens with zero attached hydrogens (tertiary/aromatic N) is 4. The second kappa shape index (κ2) is 14.0. The number of carbonyl (C=O) groups is 1. The molecule has 1 aliphatic heterocycles. The number of anilines is 1. The average Bonchev–Trinajstić information content (AvgIpc) is 3.57. The standard InChI is InChI=1S/C32H45N6O8P/c1-20(30(41)44-22-9-7-6-8-10-22)37-47(42,46-23-13-11-21(12-14-23)31(2,3)4)43-17-25-27(39)28(40)32(45-25,18-34-5)26-16-15-24-29(33)35-19-36-38(24)26/h11-16,19-20,22,25,27-28,39-40H,5-10,17-18H2,1-4H3,(H,37,42)(H2,33,35,36)/t20-,25+,27+,28+,32-,47?/m0/s1. The molecule has 3 heterocycles. The number of aliphatic hydroxyl groups is 2. The summed E-state index contributed by atoms with van der Waals surface area (Å²) in [5.41, 5.74) is 6.12. The van der Waals surface area contributed by atoms with Crippen LogP contribution in [-0.2, 0) is 34.4 Å². The SMILES string of the molecule is C=NC[C@@]1(c2ccc3c(N)ncnn23)O[C@H](COP(=O)(N[C@@H](C)C(=O)OC2CCCCC2)Oc2ccc(C(C)(C)C)cc2)[C@@H](O)[C@H]1O. The molecule has 2 fully saturated rings. The van der Waals surface area contributed by atoms with Crippen LogP contribution in [0.2, 0.25) is 0 Å². The number of esters is 1. The number of aliphatic imine (C=N–C) groups is 1. The zero-order chi connectivity index (χ0) is 34.0. The van der Waals surface area contributed by atoms with E-state index in [1.165, 1.54) is 17.8 Å². The van der Waals surface area contributed by atoms with Crippen LogP contribution in [0.25, 0.3) is 5.52 Å². The first kappa shape index (κ1) is 34.9. The number of benzene rings is 1. The van der Waals surface area contributed by atoms with Crippen LogP contribution < -0.4 is 15.3 Å². The zero-order valence-electron chi connectivity index (χ0n) is 27.2. The molecule has 1 saturated carbocycles. The summed E-state index contributed by atoms with van der Waals surface area (Å²) in [5, 5.41) is 29.5. The fourth-order valence-corrected chi connectivity index (χ4v) is 7.54. The van der Waals surface area contributed by atoms with Crippen molar-refractivity contribution in [2.24, 2.45) is 4.99 Å².